The highest BCUT2D eigenvalue weighted by molar-refractivity contribution is 5.95. The van der Waals surface area contributed by atoms with Gasteiger partial charge in [0.1, 0.15) is 17.4 Å². The lowest BCUT2D eigenvalue weighted by atomic mass is 9.77. The topological polar surface area (TPSA) is 135 Å². The number of nitrogen functional groups attached to an aromatic ring is 1. The molecule has 2 aromatic rings. The first-order valence-electron chi connectivity index (χ1n) is 12.2. The number of amidine groups is 1. The fraction of sp³-hybridized carbons (Fsp3) is 0.444. The van der Waals surface area contributed by atoms with E-state index in [4.69, 9.17) is 21.6 Å². The third-order valence-corrected chi connectivity index (χ3v) is 7.50. The molecule has 2 fully saturated rings. The maximum atomic E-state index is 13.9. The Hall–Kier alpha value is -3.23. The standard InChI is InChI=1S/C27H35N5O3/c1-3-19-13-21(25(33)31-16-18-9-11-20(12-10-18)24(28)29)32-23(19)22(35-2)15-27(30,26(32)34)14-17-7-5-4-6-8-17/h4-12,19,21-23H,3,13-16,30H2,1-2H3,(H3,28,29)(H,31,33)/t19-,21+,22+,23+,27+/m1/s1. The molecule has 2 aliphatic rings. The molecule has 0 unspecified atom stereocenters. The van der Waals surface area contributed by atoms with Crippen LogP contribution in [0.3, 0.4) is 0 Å². The average molecular weight is 478 g/mol. The number of piperidine rings is 1. The zero-order chi connectivity index (χ0) is 25.2. The van der Waals surface area contributed by atoms with Crippen LogP contribution in [0.4, 0.5) is 0 Å². The summed E-state index contributed by atoms with van der Waals surface area (Å²) in [5, 5.41) is 10.5. The van der Waals surface area contributed by atoms with Gasteiger partial charge in [-0.1, -0.05) is 67.9 Å². The lowest BCUT2D eigenvalue weighted by Gasteiger charge is -2.47. The van der Waals surface area contributed by atoms with Gasteiger partial charge in [0, 0.05) is 25.6 Å². The quantitative estimate of drug-likeness (QED) is 0.340. The average Bonchev–Trinajstić information content (AvgIpc) is 3.26. The molecule has 6 N–H and O–H groups in total. The first-order valence-corrected chi connectivity index (χ1v) is 12.2. The van der Waals surface area contributed by atoms with Gasteiger partial charge in [0.2, 0.25) is 11.8 Å². The normalized spacial score (nSPS) is 28.0. The van der Waals surface area contributed by atoms with E-state index in [9.17, 15) is 9.59 Å². The molecule has 0 saturated carbocycles. The van der Waals surface area contributed by atoms with Gasteiger partial charge < -0.3 is 26.4 Å². The molecule has 186 valence electrons. The molecule has 2 saturated heterocycles. The minimum atomic E-state index is -1.14. The van der Waals surface area contributed by atoms with E-state index in [-0.39, 0.29) is 35.7 Å². The number of nitrogens with zero attached hydrogens (tertiary/aromatic N) is 1. The Morgan fingerprint density at radius 3 is 2.46 bits per heavy atom. The number of nitrogens with one attached hydrogen (secondary N) is 2. The van der Waals surface area contributed by atoms with Crippen molar-refractivity contribution in [2.75, 3.05) is 7.11 Å². The van der Waals surface area contributed by atoms with Gasteiger partial charge in [0.15, 0.2) is 0 Å². The summed E-state index contributed by atoms with van der Waals surface area (Å²) in [5.74, 6) is -0.202. The summed E-state index contributed by atoms with van der Waals surface area (Å²) < 4.78 is 5.87. The number of carbonyl (C=O) groups excluding carboxylic acids is 2. The van der Waals surface area contributed by atoms with Gasteiger partial charge >= 0.3 is 0 Å². The van der Waals surface area contributed by atoms with Crippen LogP contribution in [0, 0.1) is 11.3 Å². The molecule has 2 aliphatic heterocycles. The van der Waals surface area contributed by atoms with Crippen molar-refractivity contribution in [1.29, 1.82) is 5.41 Å². The predicted molar refractivity (Wildman–Crippen MR) is 135 cm³/mol. The second-order valence-corrected chi connectivity index (χ2v) is 9.75. The fourth-order valence-electron chi connectivity index (χ4n) is 5.64. The molecule has 5 atom stereocenters. The van der Waals surface area contributed by atoms with Crippen LogP contribution in [0.2, 0.25) is 0 Å². The Kier molecular flexibility index (Phi) is 7.23. The molecule has 0 aromatic heterocycles. The Morgan fingerprint density at radius 1 is 1.17 bits per heavy atom. The number of benzene rings is 2. The highest BCUT2D eigenvalue weighted by Crippen LogP contribution is 2.42. The van der Waals surface area contributed by atoms with Gasteiger partial charge in [-0.15, -0.1) is 0 Å². The van der Waals surface area contributed by atoms with Gasteiger partial charge in [-0.05, 0) is 29.9 Å². The number of hydrogen-bond donors (Lipinski definition) is 4. The summed E-state index contributed by atoms with van der Waals surface area (Å²) in [6, 6.07) is 16.2. The third kappa shape index (κ3) is 4.94. The predicted octanol–water partition coefficient (Wildman–Crippen LogP) is 1.94. The highest BCUT2D eigenvalue weighted by atomic mass is 16.5. The van der Waals surface area contributed by atoms with Crippen molar-refractivity contribution in [2.24, 2.45) is 17.4 Å². The molecular formula is C27H35N5O3. The van der Waals surface area contributed by atoms with E-state index in [2.05, 4.69) is 12.2 Å². The fourth-order valence-corrected chi connectivity index (χ4v) is 5.64. The highest BCUT2D eigenvalue weighted by Gasteiger charge is 2.58. The first kappa shape index (κ1) is 24.9. The summed E-state index contributed by atoms with van der Waals surface area (Å²) in [6.45, 7) is 2.41. The monoisotopic (exact) mass is 477 g/mol. The van der Waals surface area contributed by atoms with E-state index in [1.54, 1.807) is 24.1 Å². The number of nitrogens with two attached hydrogens (primary N) is 2. The van der Waals surface area contributed by atoms with Gasteiger partial charge in [0.25, 0.3) is 0 Å². The van der Waals surface area contributed by atoms with Crippen LogP contribution in [0.15, 0.2) is 54.6 Å². The van der Waals surface area contributed by atoms with E-state index in [0.717, 1.165) is 17.5 Å². The molecule has 8 heteroatoms. The van der Waals surface area contributed by atoms with Crippen molar-refractivity contribution in [3.05, 3.63) is 71.3 Å². The summed E-state index contributed by atoms with van der Waals surface area (Å²) in [4.78, 5) is 29.0. The van der Waals surface area contributed by atoms with Crippen molar-refractivity contribution in [3.8, 4) is 0 Å². The van der Waals surface area contributed by atoms with E-state index in [1.807, 2.05) is 42.5 Å². The molecule has 2 aromatic carbocycles. The molecule has 0 radical (unpaired) electrons. The molecule has 2 amide bonds. The maximum absolute atomic E-state index is 13.9. The molecule has 0 spiro atoms. The molecule has 2 heterocycles. The summed E-state index contributed by atoms with van der Waals surface area (Å²) in [7, 11) is 1.66. The van der Waals surface area contributed by atoms with Crippen molar-refractivity contribution < 1.29 is 14.3 Å². The SMILES string of the molecule is CC[C@@H]1C[C@@H](C(=O)NCc2ccc(C(=N)N)cc2)N2C(=O)[C@](N)(Cc3ccccc3)C[C@H](OC)[C@H]12. The van der Waals surface area contributed by atoms with E-state index < -0.39 is 11.6 Å². The lowest BCUT2D eigenvalue weighted by Crippen LogP contribution is -2.69. The van der Waals surface area contributed by atoms with Crippen molar-refractivity contribution in [1.82, 2.24) is 10.2 Å². The zero-order valence-electron chi connectivity index (χ0n) is 20.4. The number of hydrogen-bond acceptors (Lipinski definition) is 5. The second-order valence-electron chi connectivity index (χ2n) is 9.75. The lowest BCUT2D eigenvalue weighted by molar-refractivity contribution is -0.157. The number of methoxy groups -OCH3 is 1. The molecule has 0 bridgehead atoms. The summed E-state index contributed by atoms with van der Waals surface area (Å²) in [6.07, 6.45) is 2.02. The largest absolute Gasteiger partial charge is 0.384 e. The van der Waals surface area contributed by atoms with Crippen molar-refractivity contribution in [3.63, 3.8) is 0 Å². The van der Waals surface area contributed by atoms with Gasteiger partial charge in [-0.25, -0.2) is 0 Å². The molecule has 0 aliphatic carbocycles. The molecule has 35 heavy (non-hydrogen) atoms. The Labute approximate surface area is 206 Å². The van der Waals surface area contributed by atoms with Crippen LogP contribution in [0.25, 0.3) is 0 Å². The number of fused-ring (bicyclic) bond motifs is 1. The van der Waals surface area contributed by atoms with Gasteiger partial charge in [0.05, 0.1) is 12.1 Å². The number of carbonyl (C=O) groups is 2. The summed E-state index contributed by atoms with van der Waals surface area (Å²) >= 11 is 0. The minimum absolute atomic E-state index is 0.000249. The number of ether oxygens (including phenoxy) is 1. The molecule has 8 nitrogen and oxygen atoms in total. The van der Waals surface area contributed by atoms with Crippen molar-refractivity contribution in [2.45, 2.75) is 62.9 Å². The second kappa shape index (κ2) is 10.2. The van der Waals surface area contributed by atoms with Gasteiger partial charge in [-0.3, -0.25) is 15.0 Å². The van der Waals surface area contributed by atoms with E-state index in [1.165, 1.54) is 0 Å². The van der Waals surface area contributed by atoms with Crippen LogP contribution in [0.5, 0.6) is 0 Å². The molecule has 4 rings (SSSR count). The van der Waals surface area contributed by atoms with Crippen molar-refractivity contribution >= 4 is 17.6 Å². The Bertz CT molecular complexity index is 1070. The number of amides is 2. The van der Waals surface area contributed by atoms with Crippen LogP contribution < -0.4 is 16.8 Å². The van der Waals surface area contributed by atoms with Crippen LogP contribution >= 0.6 is 0 Å². The maximum Gasteiger partial charge on any atom is 0.244 e. The van der Waals surface area contributed by atoms with E-state index >= 15 is 0 Å². The van der Waals surface area contributed by atoms with E-state index in [0.29, 0.717) is 31.4 Å². The molecular weight excluding hydrogens is 442 g/mol. The Morgan fingerprint density at radius 2 is 1.86 bits per heavy atom. The minimum Gasteiger partial charge on any atom is -0.384 e. The number of rotatable bonds is 8. The zero-order valence-corrected chi connectivity index (χ0v) is 20.4. The first-order chi connectivity index (χ1) is 16.8. The van der Waals surface area contributed by atoms with Crippen LogP contribution in [-0.2, 0) is 27.3 Å². The third-order valence-electron chi connectivity index (χ3n) is 7.50. The van der Waals surface area contributed by atoms with Gasteiger partial charge in [-0.2, -0.15) is 0 Å². The smallest absolute Gasteiger partial charge is 0.244 e. The van der Waals surface area contributed by atoms with Crippen LogP contribution in [0.1, 0.15) is 42.9 Å². The van der Waals surface area contributed by atoms with Crippen LogP contribution in [-0.4, -0.2) is 53.4 Å². The Balaban J connectivity index is 1.55. The summed E-state index contributed by atoms with van der Waals surface area (Å²) in [5.41, 5.74) is 13.7.